The molecule has 3 N–H and O–H groups in total. The summed E-state index contributed by atoms with van der Waals surface area (Å²) in [6, 6.07) is 12.2. The van der Waals surface area contributed by atoms with Gasteiger partial charge in [0.15, 0.2) is 5.96 Å². The first-order valence-electron chi connectivity index (χ1n) is 8.81. The molecule has 5 nitrogen and oxygen atoms in total. The van der Waals surface area contributed by atoms with Gasteiger partial charge in [-0.05, 0) is 42.3 Å². The predicted octanol–water partition coefficient (Wildman–Crippen LogP) is 3.32. The fourth-order valence-electron chi connectivity index (χ4n) is 2.44. The highest BCUT2D eigenvalue weighted by Crippen LogP contribution is 2.29. The molecule has 0 aromatic heterocycles. The molecule has 0 aliphatic carbocycles. The van der Waals surface area contributed by atoms with E-state index < -0.39 is 11.7 Å². The molecule has 0 fully saturated rings. The second kappa shape index (κ2) is 9.77. The molecule has 0 atom stereocenters. The maximum Gasteiger partial charge on any atom is 0.416 e. The Morgan fingerprint density at radius 1 is 0.893 bits per heavy atom. The van der Waals surface area contributed by atoms with Gasteiger partial charge in [0.2, 0.25) is 0 Å². The molecule has 0 aliphatic heterocycles. The number of nitrogens with one attached hydrogen (secondary N) is 3. The lowest BCUT2D eigenvalue weighted by Gasteiger charge is -2.13. The average Bonchev–Trinajstić information content (AvgIpc) is 2.68. The summed E-state index contributed by atoms with van der Waals surface area (Å²) in [5, 5.41) is 8.92. The standard InChI is InChI=1S/C20H23F3N4O/c1-3-25-18(28)16-8-4-14(5-9-16)12-26-19(24-2)27-13-15-6-10-17(11-7-15)20(21,22)23/h4-11H,3,12-13H2,1-2H3,(H,25,28)(H2,24,26,27). The van der Waals surface area contributed by atoms with Crippen LogP contribution in [0.4, 0.5) is 13.2 Å². The van der Waals surface area contributed by atoms with E-state index in [0.29, 0.717) is 36.7 Å². The monoisotopic (exact) mass is 392 g/mol. The SMILES string of the molecule is CCNC(=O)c1ccc(CNC(=NC)NCc2ccc(C(F)(F)F)cc2)cc1. The number of carbonyl (C=O) groups is 1. The van der Waals surface area contributed by atoms with Crippen LogP contribution in [0, 0.1) is 0 Å². The van der Waals surface area contributed by atoms with Crippen LogP contribution in [0.1, 0.15) is 34.0 Å². The molecule has 0 heterocycles. The largest absolute Gasteiger partial charge is 0.416 e. The highest BCUT2D eigenvalue weighted by Gasteiger charge is 2.29. The van der Waals surface area contributed by atoms with Gasteiger partial charge in [0, 0.05) is 32.2 Å². The van der Waals surface area contributed by atoms with Crippen molar-refractivity contribution in [3.8, 4) is 0 Å². The third-order valence-corrected chi connectivity index (χ3v) is 3.98. The summed E-state index contributed by atoms with van der Waals surface area (Å²) in [4.78, 5) is 15.8. The first-order valence-corrected chi connectivity index (χ1v) is 8.81. The van der Waals surface area contributed by atoms with E-state index in [1.165, 1.54) is 12.1 Å². The number of nitrogens with zero attached hydrogens (tertiary/aromatic N) is 1. The summed E-state index contributed by atoms with van der Waals surface area (Å²) < 4.78 is 37.8. The van der Waals surface area contributed by atoms with Crippen LogP contribution in [0.5, 0.6) is 0 Å². The fourth-order valence-corrected chi connectivity index (χ4v) is 2.44. The van der Waals surface area contributed by atoms with Crippen LogP contribution < -0.4 is 16.0 Å². The second-order valence-corrected chi connectivity index (χ2v) is 6.03. The number of alkyl halides is 3. The van der Waals surface area contributed by atoms with Crippen molar-refractivity contribution in [1.29, 1.82) is 0 Å². The zero-order chi connectivity index (χ0) is 20.6. The van der Waals surface area contributed by atoms with Gasteiger partial charge in [-0.25, -0.2) is 0 Å². The Hall–Kier alpha value is -3.03. The zero-order valence-corrected chi connectivity index (χ0v) is 15.7. The molecule has 0 bridgehead atoms. The van der Waals surface area contributed by atoms with Crippen LogP contribution in [-0.4, -0.2) is 25.5 Å². The highest BCUT2D eigenvalue weighted by atomic mass is 19.4. The minimum atomic E-state index is -4.34. The Morgan fingerprint density at radius 2 is 1.39 bits per heavy atom. The van der Waals surface area contributed by atoms with Crippen LogP contribution >= 0.6 is 0 Å². The molecule has 0 saturated heterocycles. The lowest BCUT2D eigenvalue weighted by molar-refractivity contribution is -0.137. The summed E-state index contributed by atoms with van der Waals surface area (Å²) in [5.74, 6) is 0.406. The number of benzene rings is 2. The van der Waals surface area contributed by atoms with Crippen molar-refractivity contribution in [2.24, 2.45) is 4.99 Å². The molecule has 8 heteroatoms. The zero-order valence-electron chi connectivity index (χ0n) is 15.7. The van der Waals surface area contributed by atoms with Crippen molar-refractivity contribution >= 4 is 11.9 Å². The van der Waals surface area contributed by atoms with E-state index in [-0.39, 0.29) is 5.91 Å². The van der Waals surface area contributed by atoms with Gasteiger partial charge < -0.3 is 16.0 Å². The Bertz CT molecular complexity index is 800. The molecule has 0 aliphatic rings. The topological polar surface area (TPSA) is 65.5 Å². The number of guanidine groups is 1. The van der Waals surface area contributed by atoms with Gasteiger partial charge >= 0.3 is 6.18 Å². The van der Waals surface area contributed by atoms with Gasteiger partial charge in [-0.15, -0.1) is 0 Å². The van der Waals surface area contributed by atoms with E-state index in [2.05, 4.69) is 20.9 Å². The van der Waals surface area contributed by atoms with Gasteiger partial charge in [0.05, 0.1) is 5.56 Å². The molecule has 0 unspecified atom stereocenters. The first kappa shape index (κ1) is 21.3. The lowest BCUT2D eigenvalue weighted by Crippen LogP contribution is -2.36. The normalized spacial score (nSPS) is 11.8. The molecule has 0 radical (unpaired) electrons. The third kappa shape index (κ3) is 6.29. The number of hydrogen-bond acceptors (Lipinski definition) is 2. The van der Waals surface area contributed by atoms with Gasteiger partial charge in [-0.2, -0.15) is 13.2 Å². The van der Waals surface area contributed by atoms with Gasteiger partial charge in [0.25, 0.3) is 5.91 Å². The predicted molar refractivity (Wildman–Crippen MR) is 103 cm³/mol. The second-order valence-electron chi connectivity index (χ2n) is 6.03. The minimum Gasteiger partial charge on any atom is -0.352 e. The third-order valence-electron chi connectivity index (χ3n) is 3.98. The number of rotatable bonds is 6. The Morgan fingerprint density at radius 3 is 1.82 bits per heavy atom. The Kier molecular flexibility index (Phi) is 7.43. The Labute approximate surface area is 162 Å². The number of carbonyl (C=O) groups excluding carboxylic acids is 1. The maximum absolute atomic E-state index is 12.6. The molecule has 2 aromatic rings. The smallest absolute Gasteiger partial charge is 0.352 e. The quantitative estimate of drug-likeness (QED) is 0.522. The molecule has 28 heavy (non-hydrogen) atoms. The van der Waals surface area contributed by atoms with Gasteiger partial charge in [-0.1, -0.05) is 24.3 Å². The number of amides is 1. The average molecular weight is 392 g/mol. The lowest BCUT2D eigenvalue weighted by atomic mass is 10.1. The fraction of sp³-hybridized carbons (Fsp3) is 0.300. The number of halogens is 3. The van der Waals surface area contributed by atoms with Crippen molar-refractivity contribution in [2.45, 2.75) is 26.2 Å². The van der Waals surface area contributed by atoms with Crippen molar-refractivity contribution in [1.82, 2.24) is 16.0 Å². The maximum atomic E-state index is 12.6. The van der Waals surface area contributed by atoms with Crippen molar-refractivity contribution in [3.63, 3.8) is 0 Å². The van der Waals surface area contributed by atoms with E-state index in [1.807, 2.05) is 19.1 Å². The van der Waals surface area contributed by atoms with Gasteiger partial charge in [0.1, 0.15) is 0 Å². The summed E-state index contributed by atoms with van der Waals surface area (Å²) in [6.07, 6.45) is -4.34. The molecule has 0 saturated carbocycles. The van der Waals surface area contributed by atoms with E-state index in [0.717, 1.165) is 17.7 Å². The van der Waals surface area contributed by atoms with E-state index in [1.54, 1.807) is 19.2 Å². The van der Waals surface area contributed by atoms with Crippen LogP contribution in [0.25, 0.3) is 0 Å². The molecule has 2 aromatic carbocycles. The molecule has 0 spiro atoms. The Balaban J connectivity index is 1.85. The van der Waals surface area contributed by atoms with E-state index in [9.17, 15) is 18.0 Å². The summed E-state index contributed by atoms with van der Waals surface area (Å²) in [7, 11) is 1.61. The number of aliphatic imine (C=N–C) groups is 1. The van der Waals surface area contributed by atoms with Crippen molar-refractivity contribution in [2.75, 3.05) is 13.6 Å². The van der Waals surface area contributed by atoms with E-state index in [4.69, 9.17) is 0 Å². The number of hydrogen-bond donors (Lipinski definition) is 3. The first-order chi connectivity index (χ1) is 13.3. The van der Waals surface area contributed by atoms with Crippen LogP contribution in [0.3, 0.4) is 0 Å². The summed E-state index contributed by atoms with van der Waals surface area (Å²) >= 11 is 0. The molecule has 1 amide bonds. The van der Waals surface area contributed by atoms with Crippen LogP contribution in [-0.2, 0) is 19.3 Å². The molecular formula is C20H23F3N4O. The molecule has 2 rings (SSSR count). The summed E-state index contributed by atoms with van der Waals surface area (Å²) in [5.41, 5.74) is 1.60. The molecular weight excluding hydrogens is 369 g/mol. The van der Waals surface area contributed by atoms with Crippen molar-refractivity contribution < 1.29 is 18.0 Å². The summed E-state index contributed by atoms with van der Waals surface area (Å²) in [6.45, 7) is 3.26. The molecule has 150 valence electrons. The van der Waals surface area contributed by atoms with Gasteiger partial charge in [-0.3, -0.25) is 9.79 Å². The minimum absolute atomic E-state index is 0.115. The highest BCUT2D eigenvalue weighted by molar-refractivity contribution is 5.94. The van der Waals surface area contributed by atoms with Crippen LogP contribution in [0.2, 0.25) is 0 Å². The van der Waals surface area contributed by atoms with Crippen LogP contribution in [0.15, 0.2) is 53.5 Å². The van der Waals surface area contributed by atoms with Crippen molar-refractivity contribution in [3.05, 3.63) is 70.8 Å². The van der Waals surface area contributed by atoms with E-state index >= 15 is 0 Å².